The highest BCUT2D eigenvalue weighted by molar-refractivity contribution is 7.89. The predicted octanol–water partition coefficient (Wildman–Crippen LogP) is 1.61. The highest BCUT2D eigenvalue weighted by Gasteiger charge is 2.21. The van der Waals surface area contributed by atoms with E-state index in [4.69, 9.17) is 4.74 Å². The third kappa shape index (κ3) is 6.01. The fourth-order valence-corrected chi connectivity index (χ4v) is 4.86. The molecule has 7 nitrogen and oxygen atoms in total. The molecule has 2 unspecified atom stereocenters. The molecule has 2 aliphatic heterocycles. The average Bonchev–Trinajstić information content (AvgIpc) is 3.20. The number of carbonyl (C=O) groups is 1. The van der Waals surface area contributed by atoms with E-state index in [1.165, 1.54) is 25.0 Å². The van der Waals surface area contributed by atoms with E-state index in [1.54, 1.807) is 12.1 Å². The maximum atomic E-state index is 12.4. The molecule has 0 saturated carbocycles. The van der Waals surface area contributed by atoms with Crippen LogP contribution in [0.25, 0.3) is 0 Å². The molecule has 2 aliphatic rings. The van der Waals surface area contributed by atoms with Crippen LogP contribution in [0.4, 0.5) is 0 Å². The van der Waals surface area contributed by atoms with Crippen LogP contribution in [0.5, 0.6) is 0 Å². The summed E-state index contributed by atoms with van der Waals surface area (Å²) < 4.78 is 32.8. The molecule has 0 radical (unpaired) electrons. The molecule has 2 N–H and O–H groups in total. The standard InChI is InChI=1S/C20H31N3O4S/c1-16-4-2-11-23(15-16)12-10-21-20(24)17-6-8-19(9-7-17)28(25,26)22-14-18-5-3-13-27-18/h6-9,16,18,22H,2-5,10-15H2,1H3,(H,21,24). The van der Waals surface area contributed by atoms with Crippen LogP contribution >= 0.6 is 0 Å². The molecule has 1 aromatic carbocycles. The van der Waals surface area contributed by atoms with Crippen LogP contribution in [0.3, 0.4) is 0 Å². The van der Waals surface area contributed by atoms with Crippen LogP contribution in [-0.2, 0) is 14.8 Å². The molecule has 2 saturated heterocycles. The predicted molar refractivity (Wildman–Crippen MR) is 108 cm³/mol. The Morgan fingerprint density at radius 3 is 2.68 bits per heavy atom. The highest BCUT2D eigenvalue weighted by atomic mass is 32.2. The molecule has 2 atom stereocenters. The van der Waals surface area contributed by atoms with E-state index < -0.39 is 10.0 Å². The third-order valence-electron chi connectivity index (χ3n) is 5.41. The maximum absolute atomic E-state index is 12.4. The van der Waals surface area contributed by atoms with Gasteiger partial charge in [0.15, 0.2) is 0 Å². The Morgan fingerprint density at radius 1 is 1.21 bits per heavy atom. The number of carbonyl (C=O) groups excluding carboxylic acids is 1. The van der Waals surface area contributed by atoms with Crippen LogP contribution in [0.1, 0.15) is 43.0 Å². The van der Waals surface area contributed by atoms with Gasteiger partial charge >= 0.3 is 0 Å². The third-order valence-corrected chi connectivity index (χ3v) is 6.85. The van der Waals surface area contributed by atoms with Gasteiger partial charge in [0.2, 0.25) is 10.0 Å². The zero-order valence-corrected chi connectivity index (χ0v) is 17.3. The lowest BCUT2D eigenvalue weighted by Crippen LogP contribution is -2.40. The van der Waals surface area contributed by atoms with Crippen LogP contribution < -0.4 is 10.0 Å². The van der Waals surface area contributed by atoms with E-state index in [-0.39, 0.29) is 23.5 Å². The van der Waals surface area contributed by atoms with E-state index in [2.05, 4.69) is 21.9 Å². The van der Waals surface area contributed by atoms with E-state index in [0.717, 1.165) is 32.5 Å². The summed E-state index contributed by atoms with van der Waals surface area (Å²) in [5.41, 5.74) is 0.463. The van der Waals surface area contributed by atoms with Gasteiger partial charge in [-0.2, -0.15) is 0 Å². The molecule has 2 heterocycles. The summed E-state index contributed by atoms with van der Waals surface area (Å²) in [6.07, 6.45) is 4.28. The Morgan fingerprint density at radius 2 is 2.00 bits per heavy atom. The molecular formula is C20H31N3O4S. The topological polar surface area (TPSA) is 87.7 Å². The quantitative estimate of drug-likeness (QED) is 0.681. The van der Waals surface area contributed by atoms with E-state index >= 15 is 0 Å². The molecule has 0 spiro atoms. The van der Waals surface area contributed by atoms with E-state index in [1.807, 2.05) is 0 Å². The van der Waals surface area contributed by atoms with Crippen LogP contribution in [0.2, 0.25) is 0 Å². The first-order chi connectivity index (χ1) is 13.4. The van der Waals surface area contributed by atoms with Gasteiger partial charge in [0.25, 0.3) is 5.91 Å². The smallest absolute Gasteiger partial charge is 0.251 e. The average molecular weight is 410 g/mol. The van der Waals surface area contributed by atoms with Gasteiger partial charge < -0.3 is 15.0 Å². The lowest BCUT2D eigenvalue weighted by atomic mass is 10.0. The molecule has 0 aliphatic carbocycles. The molecular weight excluding hydrogens is 378 g/mol. The second-order valence-corrected chi connectivity index (χ2v) is 9.58. The van der Waals surface area contributed by atoms with Crippen molar-refractivity contribution in [2.24, 2.45) is 5.92 Å². The maximum Gasteiger partial charge on any atom is 0.251 e. The summed E-state index contributed by atoms with van der Waals surface area (Å²) in [5.74, 6) is 0.536. The molecule has 8 heteroatoms. The molecule has 156 valence electrons. The summed E-state index contributed by atoms with van der Waals surface area (Å²) in [5, 5.41) is 2.92. The number of rotatable bonds is 8. The summed E-state index contributed by atoms with van der Waals surface area (Å²) in [7, 11) is -3.60. The Labute approximate surface area is 167 Å². The number of amides is 1. The van der Waals surface area contributed by atoms with Crippen molar-refractivity contribution >= 4 is 15.9 Å². The van der Waals surface area contributed by atoms with Gasteiger partial charge in [-0.3, -0.25) is 4.79 Å². The van der Waals surface area contributed by atoms with Crippen molar-refractivity contribution in [3.05, 3.63) is 29.8 Å². The molecule has 1 amide bonds. The number of nitrogens with one attached hydrogen (secondary N) is 2. The first-order valence-electron chi connectivity index (χ1n) is 10.2. The SMILES string of the molecule is CC1CCCN(CCNC(=O)c2ccc(S(=O)(=O)NCC3CCCO3)cc2)C1. The fourth-order valence-electron chi connectivity index (χ4n) is 3.80. The highest BCUT2D eigenvalue weighted by Crippen LogP contribution is 2.15. The van der Waals surface area contributed by atoms with Crippen molar-refractivity contribution in [1.29, 1.82) is 0 Å². The van der Waals surface area contributed by atoms with Gasteiger partial charge in [-0.05, 0) is 62.4 Å². The Bertz CT molecular complexity index is 745. The number of ether oxygens (including phenoxy) is 1. The summed E-state index contributed by atoms with van der Waals surface area (Å²) in [6, 6.07) is 6.05. The van der Waals surface area contributed by atoms with Crippen molar-refractivity contribution in [3.63, 3.8) is 0 Å². The first kappa shape index (κ1) is 21.2. The van der Waals surface area contributed by atoms with Crippen LogP contribution in [0, 0.1) is 5.92 Å². The van der Waals surface area contributed by atoms with Gasteiger partial charge in [0.05, 0.1) is 11.0 Å². The fraction of sp³-hybridized carbons (Fsp3) is 0.650. The van der Waals surface area contributed by atoms with Crippen molar-refractivity contribution in [3.8, 4) is 0 Å². The van der Waals surface area contributed by atoms with Crippen LogP contribution in [-0.4, -0.2) is 64.7 Å². The largest absolute Gasteiger partial charge is 0.377 e. The zero-order valence-electron chi connectivity index (χ0n) is 16.5. The molecule has 2 fully saturated rings. The Kier molecular flexibility index (Phi) is 7.45. The molecule has 1 aromatic rings. The molecule has 3 rings (SSSR count). The first-order valence-corrected chi connectivity index (χ1v) is 11.6. The van der Waals surface area contributed by atoms with Gasteiger partial charge in [0, 0.05) is 38.3 Å². The number of nitrogens with zero attached hydrogens (tertiary/aromatic N) is 1. The lowest BCUT2D eigenvalue weighted by molar-refractivity contribution is 0.0943. The normalized spacial score (nSPS) is 23.6. The van der Waals surface area contributed by atoms with E-state index in [9.17, 15) is 13.2 Å². The van der Waals surface area contributed by atoms with Gasteiger partial charge in [-0.25, -0.2) is 13.1 Å². The number of hydrogen-bond acceptors (Lipinski definition) is 5. The minimum Gasteiger partial charge on any atom is -0.377 e. The minimum atomic E-state index is -3.60. The Balaban J connectivity index is 1.46. The molecule has 0 bridgehead atoms. The summed E-state index contributed by atoms with van der Waals surface area (Å²) >= 11 is 0. The minimum absolute atomic E-state index is 0.0530. The number of benzene rings is 1. The monoisotopic (exact) mass is 409 g/mol. The van der Waals surface area contributed by atoms with Crippen molar-refractivity contribution in [1.82, 2.24) is 14.9 Å². The van der Waals surface area contributed by atoms with Crippen LogP contribution in [0.15, 0.2) is 29.2 Å². The number of hydrogen-bond donors (Lipinski definition) is 2. The molecule has 0 aromatic heterocycles. The second-order valence-electron chi connectivity index (χ2n) is 7.82. The van der Waals surface area contributed by atoms with Gasteiger partial charge in [-0.1, -0.05) is 6.92 Å². The van der Waals surface area contributed by atoms with Gasteiger partial charge in [0.1, 0.15) is 0 Å². The Hall–Kier alpha value is -1.48. The number of likely N-dealkylation sites (tertiary alicyclic amines) is 1. The lowest BCUT2D eigenvalue weighted by Gasteiger charge is -2.30. The zero-order chi connectivity index (χ0) is 20.0. The van der Waals surface area contributed by atoms with E-state index in [0.29, 0.717) is 24.6 Å². The van der Waals surface area contributed by atoms with Crippen molar-refractivity contribution in [2.45, 2.75) is 43.6 Å². The number of piperidine rings is 1. The van der Waals surface area contributed by atoms with Crippen molar-refractivity contribution in [2.75, 3.05) is 39.3 Å². The summed E-state index contributed by atoms with van der Waals surface area (Å²) in [4.78, 5) is 14.8. The summed E-state index contributed by atoms with van der Waals surface area (Å²) in [6.45, 7) is 6.83. The molecule has 28 heavy (non-hydrogen) atoms. The number of sulfonamides is 1. The van der Waals surface area contributed by atoms with Crippen molar-refractivity contribution < 1.29 is 17.9 Å². The van der Waals surface area contributed by atoms with Gasteiger partial charge in [-0.15, -0.1) is 0 Å². The second kappa shape index (κ2) is 9.82.